The number of anilines is 2. The zero-order valence-corrected chi connectivity index (χ0v) is 14.9. The number of benzene rings is 2. The van der Waals surface area contributed by atoms with E-state index in [1.54, 1.807) is 0 Å². The minimum Gasteiger partial charge on any atom is -0.755 e. The van der Waals surface area contributed by atoms with E-state index in [0.29, 0.717) is 4.88 Å². The number of rotatable bonds is 5. The van der Waals surface area contributed by atoms with E-state index in [-0.39, 0.29) is 21.8 Å². The Kier molecular flexibility index (Phi) is 5.22. The molecule has 3 rings (SSSR count). The summed E-state index contributed by atoms with van der Waals surface area (Å²) < 4.78 is 51.5. The monoisotopic (exact) mass is 410 g/mol. The topological polar surface area (TPSA) is 101 Å². The van der Waals surface area contributed by atoms with Crippen LogP contribution in [0.2, 0.25) is 0 Å². The fourth-order valence-electron chi connectivity index (χ4n) is 2.38. The maximum atomic E-state index is 13.9. The summed E-state index contributed by atoms with van der Waals surface area (Å²) in [5, 5.41) is 18.9. The normalized spacial score (nSPS) is 12.0. The molecule has 2 N–H and O–H groups in total. The summed E-state index contributed by atoms with van der Waals surface area (Å²) in [5.74, 6) is -3.28. The molecule has 3 aromatic rings. The molecule has 1 unspecified atom stereocenters. The number of carbonyl (C=O) groups is 1. The lowest BCUT2D eigenvalue weighted by Crippen LogP contribution is -2.18. The number of thiophene rings is 1. The van der Waals surface area contributed by atoms with Gasteiger partial charge in [-0.3, -0.25) is 8.51 Å². The van der Waals surface area contributed by atoms with E-state index in [2.05, 4.69) is 0 Å². The Bertz CT molecular complexity index is 1050. The molecule has 0 amide bonds. The molecule has 0 radical (unpaired) electrons. The maximum Gasteiger partial charge on any atom is 0.339 e. The molecule has 27 heavy (non-hydrogen) atoms. The van der Waals surface area contributed by atoms with Gasteiger partial charge in [-0.2, -0.15) is 0 Å². The summed E-state index contributed by atoms with van der Waals surface area (Å²) >= 11 is -1.93. The minimum atomic E-state index is -2.82. The molecule has 0 spiro atoms. The standard InChI is InChI=1S/C17H11F2NO5S2/c18-9-1-4-13(19)12(7-9)15-5-6-16(26-15)20(27(24)25)10-2-3-11(17(22)23)14(21)8-10/h1-8,21H,(H,22,23)(H,24,25)/p-1. The molecule has 0 aliphatic carbocycles. The second-order valence-electron chi connectivity index (χ2n) is 5.28. The fourth-order valence-corrected chi connectivity index (χ4v) is 4.12. The molecular weight excluding hydrogens is 400 g/mol. The predicted molar refractivity (Wildman–Crippen MR) is 95.8 cm³/mol. The number of aromatic hydroxyl groups is 1. The van der Waals surface area contributed by atoms with Crippen molar-refractivity contribution in [1.82, 2.24) is 0 Å². The van der Waals surface area contributed by atoms with Crippen LogP contribution in [0.1, 0.15) is 10.4 Å². The van der Waals surface area contributed by atoms with Crippen molar-refractivity contribution < 1.29 is 32.6 Å². The van der Waals surface area contributed by atoms with E-state index in [4.69, 9.17) is 5.11 Å². The SMILES string of the molecule is O=C(O)c1ccc(N(c2ccc(-c3cc(F)ccc3F)s2)S(=O)[O-])cc1O. The number of nitrogens with zero attached hydrogens (tertiary/aromatic N) is 1. The van der Waals surface area contributed by atoms with Crippen LogP contribution in [-0.2, 0) is 11.3 Å². The average Bonchev–Trinajstić information content (AvgIpc) is 3.06. The third-order valence-electron chi connectivity index (χ3n) is 3.58. The lowest BCUT2D eigenvalue weighted by atomic mass is 10.1. The van der Waals surface area contributed by atoms with E-state index in [9.17, 15) is 27.4 Å². The number of carboxylic acid groups (broad SMARTS) is 1. The molecule has 0 saturated carbocycles. The summed E-state index contributed by atoms with van der Waals surface area (Å²) in [5.41, 5.74) is -0.421. The van der Waals surface area contributed by atoms with E-state index in [1.165, 1.54) is 18.2 Å². The van der Waals surface area contributed by atoms with Crippen molar-refractivity contribution in [2.45, 2.75) is 0 Å². The first kappa shape index (κ1) is 19.0. The van der Waals surface area contributed by atoms with E-state index >= 15 is 0 Å². The van der Waals surface area contributed by atoms with Crippen LogP contribution in [0.3, 0.4) is 0 Å². The minimum absolute atomic E-state index is 0.0149. The zero-order chi connectivity index (χ0) is 19.7. The quantitative estimate of drug-likeness (QED) is 0.619. The van der Waals surface area contributed by atoms with E-state index in [1.807, 2.05) is 0 Å². The van der Waals surface area contributed by atoms with Gasteiger partial charge in [0.05, 0.1) is 17.0 Å². The molecule has 140 valence electrons. The molecular formula is C17H10F2NO5S2-. The molecule has 1 aromatic heterocycles. The highest BCUT2D eigenvalue weighted by Gasteiger charge is 2.18. The van der Waals surface area contributed by atoms with Gasteiger partial charge in [0, 0.05) is 16.5 Å². The second-order valence-corrected chi connectivity index (χ2v) is 7.14. The van der Waals surface area contributed by atoms with Gasteiger partial charge in [-0.25, -0.2) is 13.6 Å². The number of phenols is 1. The highest BCUT2D eigenvalue weighted by atomic mass is 32.2. The number of carboxylic acids is 1. The Morgan fingerprint density at radius 3 is 2.48 bits per heavy atom. The van der Waals surface area contributed by atoms with Crippen molar-refractivity contribution in [2.24, 2.45) is 0 Å². The highest BCUT2D eigenvalue weighted by Crippen LogP contribution is 2.39. The molecule has 2 aromatic carbocycles. The Hall–Kier alpha value is -2.82. The third kappa shape index (κ3) is 3.82. The van der Waals surface area contributed by atoms with Gasteiger partial charge < -0.3 is 14.8 Å². The molecule has 0 aliphatic heterocycles. The van der Waals surface area contributed by atoms with Gasteiger partial charge in [-0.05, 0) is 42.5 Å². The summed E-state index contributed by atoms with van der Waals surface area (Å²) in [6.07, 6.45) is 0. The van der Waals surface area contributed by atoms with Gasteiger partial charge in [-0.15, -0.1) is 11.3 Å². The van der Waals surface area contributed by atoms with Crippen LogP contribution in [0.25, 0.3) is 10.4 Å². The average molecular weight is 410 g/mol. The summed E-state index contributed by atoms with van der Waals surface area (Å²) in [6, 6.07) is 9.02. The predicted octanol–water partition coefficient (Wildman–Crippen LogP) is 4.03. The third-order valence-corrected chi connectivity index (χ3v) is 5.51. The van der Waals surface area contributed by atoms with Crippen molar-refractivity contribution in [1.29, 1.82) is 0 Å². The molecule has 6 nitrogen and oxygen atoms in total. The van der Waals surface area contributed by atoms with Crippen molar-refractivity contribution >= 4 is 39.3 Å². The van der Waals surface area contributed by atoms with Crippen LogP contribution in [0.4, 0.5) is 19.5 Å². The van der Waals surface area contributed by atoms with Gasteiger partial charge in [0.25, 0.3) is 0 Å². The van der Waals surface area contributed by atoms with Gasteiger partial charge in [0.1, 0.15) is 27.9 Å². The summed E-state index contributed by atoms with van der Waals surface area (Å²) in [6.45, 7) is 0. The van der Waals surface area contributed by atoms with Crippen LogP contribution >= 0.6 is 11.3 Å². The zero-order valence-electron chi connectivity index (χ0n) is 13.3. The van der Waals surface area contributed by atoms with E-state index in [0.717, 1.165) is 46.0 Å². The Balaban J connectivity index is 2.04. The molecule has 10 heteroatoms. The summed E-state index contributed by atoms with van der Waals surface area (Å²) in [4.78, 5) is 11.3. The van der Waals surface area contributed by atoms with Crippen molar-refractivity contribution in [3.8, 4) is 16.2 Å². The Morgan fingerprint density at radius 1 is 1.11 bits per heavy atom. The first-order valence-electron chi connectivity index (χ1n) is 7.29. The first-order chi connectivity index (χ1) is 12.8. The van der Waals surface area contributed by atoms with Gasteiger partial charge in [-0.1, -0.05) is 0 Å². The number of hydrogen-bond donors (Lipinski definition) is 2. The molecule has 0 saturated heterocycles. The Morgan fingerprint density at radius 2 is 1.85 bits per heavy atom. The number of hydrogen-bond acceptors (Lipinski definition) is 5. The lowest BCUT2D eigenvalue weighted by molar-refractivity contribution is 0.0693. The number of aromatic carboxylic acids is 1. The molecule has 0 bridgehead atoms. The first-order valence-corrected chi connectivity index (χ1v) is 9.14. The van der Waals surface area contributed by atoms with Crippen molar-refractivity contribution in [3.05, 3.63) is 65.7 Å². The number of halogens is 2. The highest BCUT2D eigenvalue weighted by molar-refractivity contribution is 7.81. The Labute approximate surface area is 158 Å². The van der Waals surface area contributed by atoms with Crippen molar-refractivity contribution in [2.75, 3.05) is 4.31 Å². The van der Waals surface area contributed by atoms with Crippen molar-refractivity contribution in [3.63, 3.8) is 0 Å². The lowest BCUT2D eigenvalue weighted by Gasteiger charge is -2.25. The van der Waals surface area contributed by atoms with Crippen LogP contribution in [0, 0.1) is 11.6 Å². The largest absolute Gasteiger partial charge is 0.755 e. The van der Waals surface area contributed by atoms with Gasteiger partial charge in [0.2, 0.25) is 0 Å². The summed E-state index contributed by atoms with van der Waals surface area (Å²) in [7, 11) is 0. The van der Waals surface area contributed by atoms with Crippen LogP contribution in [-0.4, -0.2) is 24.9 Å². The van der Waals surface area contributed by atoms with Gasteiger partial charge in [0.15, 0.2) is 0 Å². The van der Waals surface area contributed by atoms with Crippen LogP contribution in [0.5, 0.6) is 5.75 Å². The molecule has 1 atom stereocenters. The molecule has 0 aliphatic rings. The second kappa shape index (κ2) is 7.43. The van der Waals surface area contributed by atoms with Crippen LogP contribution in [0.15, 0.2) is 48.5 Å². The molecule has 1 heterocycles. The van der Waals surface area contributed by atoms with Crippen LogP contribution < -0.4 is 4.31 Å². The van der Waals surface area contributed by atoms with E-state index < -0.39 is 34.6 Å². The maximum absolute atomic E-state index is 13.9. The smallest absolute Gasteiger partial charge is 0.339 e. The fraction of sp³-hybridized carbons (Fsp3) is 0. The van der Waals surface area contributed by atoms with Gasteiger partial charge >= 0.3 is 5.97 Å². The molecule has 0 fully saturated rings.